The minimum atomic E-state index is -0.985. The van der Waals surface area contributed by atoms with Gasteiger partial charge in [0.1, 0.15) is 13.2 Å². The summed E-state index contributed by atoms with van der Waals surface area (Å²) < 4.78 is 5.04. The fourth-order valence-electron chi connectivity index (χ4n) is 1.02. The van der Waals surface area contributed by atoms with Crippen LogP contribution < -0.4 is 0 Å². The second-order valence-electron chi connectivity index (χ2n) is 2.96. The molecular formula is C11H13NO4. The number of aliphatic carboxylic acids is 1. The van der Waals surface area contributed by atoms with Crippen molar-refractivity contribution in [3.05, 3.63) is 29.9 Å². The van der Waals surface area contributed by atoms with Gasteiger partial charge in [0, 0.05) is 11.4 Å². The van der Waals surface area contributed by atoms with E-state index in [9.17, 15) is 4.79 Å². The maximum atomic E-state index is 10.3. The van der Waals surface area contributed by atoms with E-state index in [1.165, 1.54) is 0 Å². The van der Waals surface area contributed by atoms with Crippen LogP contribution in [0.15, 0.2) is 35.0 Å². The van der Waals surface area contributed by atoms with Crippen LogP contribution in [-0.2, 0) is 14.4 Å². The Labute approximate surface area is 93.3 Å². The van der Waals surface area contributed by atoms with Crippen molar-refractivity contribution >= 4 is 11.8 Å². The van der Waals surface area contributed by atoms with Crippen LogP contribution in [0, 0.1) is 0 Å². The molecule has 0 amide bonds. The van der Waals surface area contributed by atoms with Crippen molar-refractivity contribution in [1.29, 1.82) is 0 Å². The van der Waals surface area contributed by atoms with E-state index < -0.39 is 5.97 Å². The summed E-state index contributed by atoms with van der Waals surface area (Å²) in [6.07, 6.45) is 6.64. The molecule has 16 heavy (non-hydrogen) atoms. The van der Waals surface area contributed by atoms with Gasteiger partial charge in [0.05, 0.1) is 6.10 Å². The second kappa shape index (κ2) is 6.61. The Morgan fingerprint density at radius 2 is 2.25 bits per heavy atom. The summed E-state index contributed by atoms with van der Waals surface area (Å²) in [7, 11) is 0. The molecule has 0 heterocycles. The molecule has 1 rings (SSSR count). The van der Waals surface area contributed by atoms with Gasteiger partial charge in [0.2, 0.25) is 0 Å². The Morgan fingerprint density at radius 1 is 1.56 bits per heavy atom. The minimum absolute atomic E-state index is 0.311. The largest absolute Gasteiger partial charge is 0.480 e. The van der Waals surface area contributed by atoms with Crippen LogP contribution in [0.4, 0.5) is 0 Å². The molecule has 0 unspecified atom stereocenters. The second-order valence-corrected chi connectivity index (χ2v) is 2.96. The Morgan fingerprint density at radius 3 is 2.81 bits per heavy atom. The third kappa shape index (κ3) is 4.59. The number of hydrogen-bond donors (Lipinski definition) is 1. The summed E-state index contributed by atoms with van der Waals surface area (Å²) in [5, 5.41) is 12.0. The van der Waals surface area contributed by atoms with Gasteiger partial charge >= 0.3 is 5.97 Å². The highest BCUT2D eigenvalue weighted by Gasteiger charge is 2.07. The molecule has 1 aliphatic rings. The number of nitrogens with zero attached hydrogens (tertiary/aromatic N) is 1. The van der Waals surface area contributed by atoms with Crippen LogP contribution in [0.25, 0.3) is 0 Å². The molecule has 0 aliphatic heterocycles. The normalized spacial score (nSPS) is 18.1. The van der Waals surface area contributed by atoms with Crippen molar-refractivity contribution in [1.82, 2.24) is 0 Å². The predicted octanol–water partition coefficient (Wildman–Crippen LogP) is 1.13. The van der Waals surface area contributed by atoms with Gasteiger partial charge in [-0.15, -0.1) is 0 Å². The van der Waals surface area contributed by atoms with Gasteiger partial charge in [-0.25, -0.2) is 4.79 Å². The highest BCUT2D eigenvalue weighted by atomic mass is 16.6. The summed E-state index contributed by atoms with van der Waals surface area (Å²) in [6, 6.07) is 0. The van der Waals surface area contributed by atoms with Crippen LogP contribution in [-0.4, -0.2) is 36.3 Å². The number of ether oxygens (including phenoxy) is 1. The lowest BCUT2D eigenvalue weighted by Crippen LogP contribution is -2.15. The molecule has 0 saturated heterocycles. The van der Waals surface area contributed by atoms with Crippen molar-refractivity contribution in [2.75, 3.05) is 13.2 Å². The number of carboxylic acid groups (broad SMARTS) is 1. The van der Waals surface area contributed by atoms with Crippen LogP contribution in [0.5, 0.6) is 0 Å². The highest BCUT2D eigenvalue weighted by Crippen LogP contribution is 2.08. The van der Waals surface area contributed by atoms with Crippen molar-refractivity contribution in [2.45, 2.75) is 13.0 Å². The standard InChI is InChI=1S/C11H13NO4/c1-2-16-12-7-9-3-5-10(6-4-9)15-8-11(13)14/h3-6,10H,2,8H2,1H3,(H,13,14). The molecule has 0 aromatic rings. The Kier molecular flexibility index (Phi) is 5.05. The van der Waals surface area contributed by atoms with Crippen molar-refractivity contribution in [3.8, 4) is 0 Å². The summed E-state index contributed by atoms with van der Waals surface area (Å²) in [4.78, 5) is 15.0. The molecule has 0 bridgehead atoms. The van der Waals surface area contributed by atoms with E-state index >= 15 is 0 Å². The van der Waals surface area contributed by atoms with Crippen molar-refractivity contribution in [2.24, 2.45) is 5.16 Å². The molecular weight excluding hydrogens is 210 g/mol. The lowest BCUT2D eigenvalue weighted by molar-refractivity contribution is -0.142. The number of carboxylic acids is 1. The Bertz CT molecular complexity index is 348. The molecule has 0 saturated carbocycles. The zero-order chi connectivity index (χ0) is 11.8. The molecule has 0 radical (unpaired) electrons. The first-order chi connectivity index (χ1) is 7.72. The molecule has 0 spiro atoms. The van der Waals surface area contributed by atoms with E-state index in [4.69, 9.17) is 14.7 Å². The van der Waals surface area contributed by atoms with Gasteiger partial charge in [-0.1, -0.05) is 12.2 Å². The average molecular weight is 223 g/mol. The van der Waals surface area contributed by atoms with Crippen molar-refractivity contribution in [3.63, 3.8) is 0 Å². The van der Waals surface area contributed by atoms with Gasteiger partial charge in [-0.3, -0.25) is 0 Å². The monoisotopic (exact) mass is 223 g/mol. The Balaban J connectivity index is 2.46. The van der Waals surface area contributed by atoms with E-state index in [1.54, 1.807) is 24.3 Å². The molecule has 0 atom stereocenters. The van der Waals surface area contributed by atoms with Crippen LogP contribution >= 0.6 is 0 Å². The maximum Gasteiger partial charge on any atom is 0.329 e. The molecule has 0 aromatic carbocycles. The lowest BCUT2D eigenvalue weighted by atomic mass is 10.1. The fraction of sp³-hybridized carbons (Fsp3) is 0.364. The number of allylic oxidation sites excluding steroid dienone is 3. The summed E-state index contributed by atoms with van der Waals surface area (Å²) in [5.74, 6) is 1.70. The molecule has 5 nitrogen and oxygen atoms in total. The molecule has 1 N–H and O–H groups in total. The van der Waals surface area contributed by atoms with E-state index in [1.807, 2.05) is 6.92 Å². The average Bonchev–Trinajstić information content (AvgIpc) is 2.28. The summed E-state index contributed by atoms with van der Waals surface area (Å²) >= 11 is 0. The third-order valence-corrected chi connectivity index (χ3v) is 1.70. The van der Waals surface area contributed by atoms with Gasteiger partial charge in [0.15, 0.2) is 0 Å². The summed E-state index contributed by atoms with van der Waals surface area (Å²) in [6.45, 7) is 2.02. The van der Waals surface area contributed by atoms with Gasteiger partial charge in [0.25, 0.3) is 0 Å². The Hall–Kier alpha value is -1.84. The van der Waals surface area contributed by atoms with Gasteiger partial charge in [-0.05, 0) is 24.2 Å². The fourth-order valence-corrected chi connectivity index (χ4v) is 1.02. The minimum Gasteiger partial charge on any atom is -0.480 e. The lowest BCUT2D eigenvalue weighted by Gasteiger charge is -2.10. The van der Waals surface area contributed by atoms with E-state index in [0.29, 0.717) is 6.61 Å². The van der Waals surface area contributed by atoms with E-state index in [0.717, 1.165) is 5.57 Å². The van der Waals surface area contributed by atoms with Crippen LogP contribution in [0.2, 0.25) is 0 Å². The zero-order valence-corrected chi connectivity index (χ0v) is 8.92. The van der Waals surface area contributed by atoms with Gasteiger partial charge in [-0.2, -0.15) is 0 Å². The molecule has 0 fully saturated rings. The van der Waals surface area contributed by atoms with Crippen LogP contribution in [0.3, 0.4) is 0 Å². The number of hydrogen-bond acceptors (Lipinski definition) is 4. The maximum absolute atomic E-state index is 10.3. The van der Waals surface area contributed by atoms with Crippen molar-refractivity contribution < 1.29 is 19.5 Å². The van der Waals surface area contributed by atoms with E-state index in [-0.39, 0.29) is 12.7 Å². The van der Waals surface area contributed by atoms with E-state index in [2.05, 4.69) is 11.0 Å². The third-order valence-electron chi connectivity index (χ3n) is 1.70. The van der Waals surface area contributed by atoms with Gasteiger partial charge < -0.3 is 14.7 Å². The molecule has 1 aliphatic carbocycles. The van der Waals surface area contributed by atoms with Crippen LogP contribution in [0.1, 0.15) is 6.92 Å². The predicted molar refractivity (Wildman–Crippen MR) is 58.2 cm³/mol. The smallest absolute Gasteiger partial charge is 0.329 e. The highest BCUT2D eigenvalue weighted by molar-refractivity contribution is 5.68. The number of carbonyl (C=O) groups is 1. The SMILES string of the molecule is CCON=C=C1C=CC(OCC(=O)O)C=C1. The summed E-state index contributed by atoms with van der Waals surface area (Å²) in [5.41, 5.74) is 0.753. The first-order valence-electron chi connectivity index (χ1n) is 4.87. The molecule has 5 heteroatoms. The quantitative estimate of drug-likeness (QED) is 0.560. The topological polar surface area (TPSA) is 68.1 Å². The molecule has 86 valence electrons. The first-order valence-corrected chi connectivity index (χ1v) is 4.87. The zero-order valence-electron chi connectivity index (χ0n) is 8.92. The molecule has 0 aromatic heterocycles. The number of rotatable bonds is 5. The first kappa shape index (κ1) is 12.2.